The molecule has 0 aromatic heterocycles. The van der Waals surface area contributed by atoms with Gasteiger partial charge in [0.2, 0.25) is 0 Å². The Morgan fingerprint density at radius 3 is 2.46 bits per heavy atom. The third-order valence-corrected chi connectivity index (χ3v) is 5.43. The highest BCUT2D eigenvalue weighted by Gasteiger charge is 2.52. The highest BCUT2D eigenvalue weighted by atomic mass is 16.3. The number of aliphatic hydroxyl groups is 3. The average molecular weight is 360 g/mol. The first-order valence-electron chi connectivity index (χ1n) is 8.19. The Morgan fingerprint density at radius 1 is 1.27 bits per heavy atom. The van der Waals surface area contributed by atoms with Crippen LogP contribution in [0.25, 0.3) is 0 Å². The number of hydrogen-bond acceptors (Lipinski definition) is 7. The van der Waals surface area contributed by atoms with Gasteiger partial charge in [-0.2, -0.15) is 0 Å². The Balaban J connectivity index is 2.23. The molecule has 0 radical (unpaired) electrons. The lowest BCUT2D eigenvalue weighted by Gasteiger charge is -2.45. The molecule has 0 fully saturated rings. The van der Waals surface area contributed by atoms with Gasteiger partial charge in [0.25, 0.3) is 5.91 Å². The van der Waals surface area contributed by atoms with Gasteiger partial charge in [0.05, 0.1) is 5.57 Å². The van der Waals surface area contributed by atoms with E-state index in [9.17, 15) is 29.7 Å². The molecule has 0 aliphatic heterocycles. The number of carbonyl (C=O) groups excluding carboxylic acids is 3. The zero-order valence-corrected chi connectivity index (χ0v) is 14.2. The number of Topliss-reactive ketones (excluding diaryl/α,β-unsaturated/α-hetero) is 2. The van der Waals surface area contributed by atoms with Gasteiger partial charge in [0.1, 0.15) is 22.7 Å². The van der Waals surface area contributed by atoms with Gasteiger partial charge in [0.15, 0.2) is 11.6 Å². The number of hydrogen-bond donors (Lipinski definition) is 5. The van der Waals surface area contributed by atoms with E-state index >= 15 is 0 Å². The molecule has 0 bridgehead atoms. The fraction of sp³-hybridized carbons (Fsp3) is 0.389. The van der Waals surface area contributed by atoms with Crippen LogP contribution in [0.5, 0.6) is 0 Å². The minimum Gasteiger partial charge on any atom is -0.508 e. The first-order chi connectivity index (χ1) is 12.1. The molecule has 0 aromatic rings. The molecule has 8 heteroatoms. The summed E-state index contributed by atoms with van der Waals surface area (Å²) in [5, 5.41) is 32.0. The maximum atomic E-state index is 12.1. The second kappa shape index (κ2) is 5.84. The number of fused-ring (bicyclic) bond motifs is 2. The quantitative estimate of drug-likeness (QED) is 0.439. The third kappa shape index (κ3) is 2.37. The molecule has 3 atom stereocenters. The Labute approximate surface area is 149 Å². The van der Waals surface area contributed by atoms with Crippen LogP contribution in [-0.2, 0) is 14.4 Å². The molecule has 8 nitrogen and oxygen atoms in total. The summed E-state index contributed by atoms with van der Waals surface area (Å²) in [6, 6.07) is 0. The average Bonchev–Trinajstić information content (AvgIpc) is 2.54. The van der Waals surface area contributed by atoms with Gasteiger partial charge < -0.3 is 26.8 Å². The van der Waals surface area contributed by atoms with Crippen molar-refractivity contribution in [1.82, 2.24) is 0 Å². The van der Waals surface area contributed by atoms with Crippen LogP contribution in [0.1, 0.15) is 26.2 Å². The van der Waals surface area contributed by atoms with Crippen LogP contribution in [0.15, 0.2) is 46.1 Å². The van der Waals surface area contributed by atoms with Crippen molar-refractivity contribution < 1.29 is 29.7 Å². The molecule has 3 aliphatic carbocycles. The molecule has 3 aliphatic rings. The molecule has 3 rings (SSSR count). The number of carbonyl (C=O) groups is 3. The van der Waals surface area contributed by atoms with Gasteiger partial charge in [-0.05, 0) is 49.1 Å². The SMILES string of the molecule is CC(=O)C1=C(O)C2=C[C@]3(O)C(O)=C(C(N)=O)C(=O)C[C@@H]3CC2C/C1=C/N. The van der Waals surface area contributed by atoms with E-state index in [0.717, 1.165) is 0 Å². The summed E-state index contributed by atoms with van der Waals surface area (Å²) in [6.07, 6.45) is 2.94. The van der Waals surface area contributed by atoms with Gasteiger partial charge in [-0.1, -0.05) is 0 Å². The van der Waals surface area contributed by atoms with E-state index in [4.69, 9.17) is 11.5 Å². The standard InChI is InChI=1S/C18H20N2O6/c1-7(21)13-9(6-19)2-8-3-10-4-12(22)14(17(20)25)16(24)18(10,26)5-11(8)15(13)23/h5-6,8,10,23-24,26H,2-4,19H2,1H3,(H2,20,25)/b9-6-/t8?,10-,18+/m0/s1. The predicted octanol–water partition coefficient (Wildman–Crippen LogP) is 0.198. The smallest absolute Gasteiger partial charge is 0.255 e. The molecule has 0 saturated heterocycles. The largest absolute Gasteiger partial charge is 0.508 e. The monoisotopic (exact) mass is 360 g/mol. The second-order valence-corrected chi connectivity index (χ2v) is 6.95. The van der Waals surface area contributed by atoms with E-state index in [1.807, 2.05) is 0 Å². The molecule has 1 unspecified atom stereocenters. The number of amides is 1. The van der Waals surface area contributed by atoms with Crippen molar-refractivity contribution in [2.75, 3.05) is 0 Å². The van der Waals surface area contributed by atoms with Crippen molar-refractivity contribution in [2.45, 2.75) is 31.8 Å². The molecule has 26 heavy (non-hydrogen) atoms. The van der Waals surface area contributed by atoms with Crippen molar-refractivity contribution in [2.24, 2.45) is 23.3 Å². The lowest BCUT2D eigenvalue weighted by atomic mass is 9.62. The van der Waals surface area contributed by atoms with Crippen molar-refractivity contribution in [3.05, 3.63) is 46.1 Å². The van der Waals surface area contributed by atoms with Gasteiger partial charge in [0, 0.05) is 12.3 Å². The minimum absolute atomic E-state index is 0.0579. The van der Waals surface area contributed by atoms with E-state index < -0.39 is 34.5 Å². The van der Waals surface area contributed by atoms with E-state index in [2.05, 4.69) is 0 Å². The number of ketones is 2. The van der Waals surface area contributed by atoms with Crippen LogP contribution in [-0.4, -0.2) is 38.4 Å². The van der Waals surface area contributed by atoms with E-state index in [0.29, 0.717) is 12.0 Å². The second-order valence-electron chi connectivity index (χ2n) is 6.95. The molecular weight excluding hydrogens is 340 g/mol. The maximum Gasteiger partial charge on any atom is 0.255 e. The lowest BCUT2D eigenvalue weighted by Crippen LogP contribution is -2.50. The molecule has 0 heterocycles. The van der Waals surface area contributed by atoms with Gasteiger partial charge in [-0.25, -0.2) is 0 Å². The van der Waals surface area contributed by atoms with E-state index in [1.165, 1.54) is 19.2 Å². The summed E-state index contributed by atoms with van der Waals surface area (Å²) >= 11 is 0. The molecular formula is C18H20N2O6. The summed E-state index contributed by atoms with van der Waals surface area (Å²) < 4.78 is 0. The Morgan fingerprint density at radius 2 is 1.92 bits per heavy atom. The third-order valence-electron chi connectivity index (χ3n) is 5.43. The number of primary amides is 1. The molecule has 138 valence electrons. The topological polar surface area (TPSA) is 164 Å². The van der Waals surface area contributed by atoms with Crippen molar-refractivity contribution in [3.8, 4) is 0 Å². The zero-order valence-electron chi connectivity index (χ0n) is 14.2. The maximum absolute atomic E-state index is 12.1. The van der Waals surface area contributed by atoms with Crippen LogP contribution < -0.4 is 11.5 Å². The van der Waals surface area contributed by atoms with E-state index in [-0.39, 0.29) is 41.4 Å². The number of allylic oxidation sites excluding steroid dienone is 3. The van der Waals surface area contributed by atoms with Crippen molar-refractivity contribution >= 4 is 17.5 Å². The van der Waals surface area contributed by atoms with Crippen LogP contribution in [0, 0.1) is 11.8 Å². The summed E-state index contributed by atoms with van der Waals surface area (Å²) in [5.41, 5.74) is 8.93. The summed E-state index contributed by atoms with van der Waals surface area (Å²) in [4.78, 5) is 35.5. The summed E-state index contributed by atoms with van der Waals surface area (Å²) in [5.74, 6) is -4.23. The highest BCUT2D eigenvalue weighted by Crippen LogP contribution is 2.50. The summed E-state index contributed by atoms with van der Waals surface area (Å²) in [7, 11) is 0. The molecule has 1 amide bonds. The highest BCUT2D eigenvalue weighted by molar-refractivity contribution is 6.20. The fourth-order valence-corrected chi connectivity index (χ4v) is 4.20. The van der Waals surface area contributed by atoms with Crippen LogP contribution >= 0.6 is 0 Å². The van der Waals surface area contributed by atoms with Crippen molar-refractivity contribution in [1.29, 1.82) is 0 Å². The van der Waals surface area contributed by atoms with Crippen LogP contribution in [0.4, 0.5) is 0 Å². The number of rotatable bonds is 2. The minimum atomic E-state index is -2.01. The number of aliphatic hydroxyl groups excluding tert-OH is 2. The first kappa shape index (κ1) is 17.9. The summed E-state index contributed by atoms with van der Waals surface area (Å²) in [6.45, 7) is 1.29. The van der Waals surface area contributed by atoms with Gasteiger partial charge in [-0.15, -0.1) is 0 Å². The molecule has 0 saturated carbocycles. The zero-order chi connectivity index (χ0) is 19.4. The first-order valence-corrected chi connectivity index (χ1v) is 8.19. The van der Waals surface area contributed by atoms with Crippen LogP contribution in [0.3, 0.4) is 0 Å². The lowest BCUT2D eigenvalue weighted by molar-refractivity contribution is -0.126. The van der Waals surface area contributed by atoms with Crippen LogP contribution in [0.2, 0.25) is 0 Å². The van der Waals surface area contributed by atoms with E-state index in [1.54, 1.807) is 0 Å². The number of nitrogens with two attached hydrogens (primary N) is 2. The normalized spacial score (nSPS) is 32.9. The Hall–Kier alpha value is -2.87. The van der Waals surface area contributed by atoms with Gasteiger partial charge >= 0.3 is 0 Å². The Bertz CT molecular complexity index is 863. The Kier molecular flexibility index (Phi) is 4.03. The fourth-order valence-electron chi connectivity index (χ4n) is 4.20. The van der Waals surface area contributed by atoms with Crippen molar-refractivity contribution in [3.63, 3.8) is 0 Å². The molecule has 0 spiro atoms. The molecule has 0 aromatic carbocycles. The van der Waals surface area contributed by atoms with Gasteiger partial charge in [-0.3, -0.25) is 14.4 Å². The predicted molar refractivity (Wildman–Crippen MR) is 90.3 cm³/mol. The molecule has 7 N–H and O–H groups in total.